The van der Waals surface area contributed by atoms with Crippen molar-refractivity contribution in [2.45, 2.75) is 23.9 Å². The molecule has 5 heteroatoms. The minimum Gasteiger partial charge on any atom is -0.306 e. The lowest BCUT2D eigenvalue weighted by Gasteiger charge is -2.26. The largest absolute Gasteiger partial charge is 0.306 e. The van der Waals surface area contributed by atoms with Gasteiger partial charge in [0, 0.05) is 36.1 Å². The van der Waals surface area contributed by atoms with Crippen LogP contribution in [0.15, 0.2) is 66.0 Å². The van der Waals surface area contributed by atoms with Gasteiger partial charge in [0.2, 0.25) is 0 Å². The number of thioether (sulfide) groups is 1. The minimum atomic E-state index is 0.425. The maximum atomic E-state index is 4.38. The van der Waals surface area contributed by atoms with Crippen LogP contribution in [0.25, 0.3) is 5.82 Å². The summed E-state index contributed by atoms with van der Waals surface area (Å²) in [5.41, 5.74) is 2.64. The molecule has 0 unspecified atom stereocenters. The number of hydrogen-bond acceptors (Lipinski definition) is 4. The van der Waals surface area contributed by atoms with Gasteiger partial charge in [-0.1, -0.05) is 18.2 Å². The Morgan fingerprint density at radius 3 is 3.04 bits per heavy atom. The summed E-state index contributed by atoms with van der Waals surface area (Å²) in [5.74, 6) is 2.03. The van der Waals surface area contributed by atoms with Crippen molar-refractivity contribution >= 4 is 11.8 Å². The maximum absolute atomic E-state index is 4.38. The summed E-state index contributed by atoms with van der Waals surface area (Å²) in [6.45, 7) is 0.834. The SMILES string of the molecule is c1ccc2c(c1)SCC[C@@H]2NCc1ccnc(-n2cccn2)c1. The van der Waals surface area contributed by atoms with Crippen LogP contribution in [0.3, 0.4) is 0 Å². The van der Waals surface area contributed by atoms with E-state index in [0.29, 0.717) is 6.04 Å². The lowest BCUT2D eigenvalue weighted by atomic mass is 10.0. The predicted molar refractivity (Wildman–Crippen MR) is 92.7 cm³/mol. The monoisotopic (exact) mass is 322 g/mol. The van der Waals surface area contributed by atoms with Crippen molar-refractivity contribution in [1.82, 2.24) is 20.1 Å². The zero-order chi connectivity index (χ0) is 15.5. The topological polar surface area (TPSA) is 42.7 Å². The fraction of sp³-hybridized carbons (Fsp3) is 0.222. The van der Waals surface area contributed by atoms with Gasteiger partial charge in [-0.3, -0.25) is 0 Å². The van der Waals surface area contributed by atoms with Crippen LogP contribution in [0.2, 0.25) is 0 Å². The number of rotatable bonds is 4. The van der Waals surface area contributed by atoms with Crippen LogP contribution >= 0.6 is 11.8 Å². The molecule has 0 bridgehead atoms. The molecule has 0 spiro atoms. The van der Waals surface area contributed by atoms with Crippen LogP contribution in [0.5, 0.6) is 0 Å². The molecule has 1 atom stereocenters. The van der Waals surface area contributed by atoms with E-state index in [1.165, 1.54) is 28.2 Å². The van der Waals surface area contributed by atoms with Gasteiger partial charge in [-0.15, -0.1) is 11.8 Å². The number of nitrogens with zero attached hydrogens (tertiary/aromatic N) is 3. The zero-order valence-corrected chi connectivity index (χ0v) is 13.5. The van der Waals surface area contributed by atoms with E-state index in [-0.39, 0.29) is 0 Å². The number of benzene rings is 1. The first-order valence-electron chi connectivity index (χ1n) is 7.80. The Labute approximate surface area is 139 Å². The lowest BCUT2D eigenvalue weighted by Crippen LogP contribution is -2.24. The summed E-state index contributed by atoms with van der Waals surface area (Å²) in [5, 5.41) is 7.93. The molecule has 1 N–H and O–H groups in total. The van der Waals surface area contributed by atoms with Crippen LogP contribution < -0.4 is 5.32 Å². The quantitative estimate of drug-likeness (QED) is 0.797. The highest BCUT2D eigenvalue weighted by Gasteiger charge is 2.19. The molecule has 1 aromatic carbocycles. The molecule has 3 heterocycles. The number of pyridine rings is 1. The molecule has 23 heavy (non-hydrogen) atoms. The molecule has 0 saturated carbocycles. The Kier molecular flexibility index (Phi) is 4.13. The van der Waals surface area contributed by atoms with Gasteiger partial charge in [-0.05, 0) is 47.6 Å². The fourth-order valence-corrected chi connectivity index (χ4v) is 4.02. The first-order valence-corrected chi connectivity index (χ1v) is 8.79. The molecule has 4 rings (SSSR count). The third-order valence-electron chi connectivity index (χ3n) is 4.06. The number of aromatic nitrogens is 3. The van der Waals surface area contributed by atoms with Gasteiger partial charge in [0.05, 0.1) is 0 Å². The fourth-order valence-electron chi connectivity index (χ4n) is 2.90. The average Bonchev–Trinajstić information content (AvgIpc) is 3.15. The number of nitrogens with one attached hydrogen (secondary N) is 1. The minimum absolute atomic E-state index is 0.425. The molecule has 2 aromatic heterocycles. The van der Waals surface area contributed by atoms with Crippen LogP contribution in [0.1, 0.15) is 23.6 Å². The van der Waals surface area contributed by atoms with Gasteiger partial charge < -0.3 is 5.32 Å². The van der Waals surface area contributed by atoms with Crippen molar-refractivity contribution in [1.29, 1.82) is 0 Å². The zero-order valence-electron chi connectivity index (χ0n) is 12.7. The Balaban J connectivity index is 1.49. The van der Waals surface area contributed by atoms with E-state index >= 15 is 0 Å². The van der Waals surface area contributed by atoms with Crippen LogP contribution in [-0.2, 0) is 6.54 Å². The second-order valence-electron chi connectivity index (χ2n) is 5.58. The normalized spacial score (nSPS) is 17.0. The molecule has 116 valence electrons. The molecular weight excluding hydrogens is 304 g/mol. The second-order valence-corrected chi connectivity index (χ2v) is 6.72. The molecule has 0 aliphatic carbocycles. The van der Waals surface area contributed by atoms with E-state index < -0.39 is 0 Å². The molecule has 0 radical (unpaired) electrons. The Bertz CT molecular complexity index is 785. The molecule has 0 saturated heterocycles. The molecule has 1 aliphatic rings. The molecule has 4 nitrogen and oxygen atoms in total. The van der Waals surface area contributed by atoms with Gasteiger partial charge in [0.15, 0.2) is 5.82 Å². The molecule has 1 aliphatic heterocycles. The van der Waals surface area contributed by atoms with E-state index in [0.717, 1.165) is 12.4 Å². The first-order chi connectivity index (χ1) is 11.4. The molecular formula is C18H18N4S. The van der Waals surface area contributed by atoms with Gasteiger partial charge in [0.25, 0.3) is 0 Å². The summed E-state index contributed by atoms with van der Waals surface area (Å²) >= 11 is 1.95. The summed E-state index contributed by atoms with van der Waals surface area (Å²) in [7, 11) is 0. The smallest absolute Gasteiger partial charge is 0.153 e. The van der Waals surface area contributed by atoms with E-state index in [2.05, 4.69) is 51.8 Å². The summed E-state index contributed by atoms with van der Waals surface area (Å²) in [4.78, 5) is 5.79. The van der Waals surface area contributed by atoms with E-state index in [1.807, 2.05) is 30.2 Å². The van der Waals surface area contributed by atoms with E-state index in [4.69, 9.17) is 0 Å². The van der Waals surface area contributed by atoms with Crippen molar-refractivity contribution in [3.8, 4) is 5.82 Å². The summed E-state index contributed by atoms with van der Waals surface area (Å²) in [6, 6.07) is 15.2. The van der Waals surface area contributed by atoms with Crippen molar-refractivity contribution < 1.29 is 0 Å². The number of fused-ring (bicyclic) bond motifs is 1. The Morgan fingerprint density at radius 1 is 1.17 bits per heavy atom. The third-order valence-corrected chi connectivity index (χ3v) is 5.18. The Morgan fingerprint density at radius 2 is 2.13 bits per heavy atom. The maximum Gasteiger partial charge on any atom is 0.153 e. The molecule has 0 fully saturated rings. The average molecular weight is 322 g/mol. The summed E-state index contributed by atoms with van der Waals surface area (Å²) < 4.78 is 1.79. The first kappa shape index (κ1) is 14.5. The van der Waals surface area contributed by atoms with Crippen molar-refractivity contribution in [2.75, 3.05) is 5.75 Å². The predicted octanol–water partition coefficient (Wildman–Crippen LogP) is 3.59. The lowest BCUT2D eigenvalue weighted by molar-refractivity contribution is 0.509. The summed E-state index contributed by atoms with van der Waals surface area (Å²) in [6.07, 6.45) is 6.69. The van der Waals surface area contributed by atoms with Gasteiger partial charge in [0.1, 0.15) is 0 Å². The van der Waals surface area contributed by atoms with Crippen molar-refractivity contribution in [2.24, 2.45) is 0 Å². The van der Waals surface area contributed by atoms with Crippen LogP contribution in [0.4, 0.5) is 0 Å². The van der Waals surface area contributed by atoms with E-state index in [9.17, 15) is 0 Å². The number of hydrogen-bond donors (Lipinski definition) is 1. The highest BCUT2D eigenvalue weighted by molar-refractivity contribution is 7.99. The van der Waals surface area contributed by atoms with Gasteiger partial charge in [-0.2, -0.15) is 5.10 Å². The highest BCUT2D eigenvalue weighted by atomic mass is 32.2. The Hall–Kier alpha value is -2.11. The van der Waals surface area contributed by atoms with Crippen LogP contribution in [0, 0.1) is 0 Å². The standard InChI is InChI=1S/C18H18N4S/c1-2-5-17-15(4-1)16(7-11-23-17)20-13-14-6-9-19-18(12-14)22-10-3-8-21-22/h1-6,8-10,12,16,20H,7,11,13H2/t16-/m0/s1. The van der Waals surface area contributed by atoms with E-state index in [1.54, 1.807) is 10.9 Å². The third kappa shape index (κ3) is 3.16. The van der Waals surface area contributed by atoms with Gasteiger partial charge >= 0.3 is 0 Å². The van der Waals surface area contributed by atoms with Gasteiger partial charge in [-0.25, -0.2) is 9.67 Å². The van der Waals surface area contributed by atoms with Crippen LogP contribution in [-0.4, -0.2) is 20.5 Å². The molecule has 3 aromatic rings. The van der Waals surface area contributed by atoms with Crippen molar-refractivity contribution in [3.05, 3.63) is 72.2 Å². The second kappa shape index (κ2) is 6.56. The van der Waals surface area contributed by atoms with Crippen molar-refractivity contribution in [3.63, 3.8) is 0 Å². The highest BCUT2D eigenvalue weighted by Crippen LogP contribution is 2.35. The molecule has 0 amide bonds.